The number of ether oxygens (including phenoxy) is 1. The lowest BCUT2D eigenvalue weighted by Gasteiger charge is -2.11. The zero-order valence-corrected chi connectivity index (χ0v) is 10.3. The number of likely N-dealkylation sites (N-methyl/N-ethyl adjacent to an activating group) is 1. The van der Waals surface area contributed by atoms with Crippen molar-refractivity contribution in [1.82, 2.24) is 10.2 Å². The minimum absolute atomic E-state index is 0.00288. The van der Waals surface area contributed by atoms with Crippen molar-refractivity contribution in [1.29, 1.82) is 0 Å². The number of halogens is 1. The molecule has 94 valence electrons. The van der Waals surface area contributed by atoms with Crippen molar-refractivity contribution in [3.63, 3.8) is 0 Å². The Morgan fingerprint density at radius 3 is 2.76 bits per heavy atom. The van der Waals surface area contributed by atoms with Gasteiger partial charge < -0.3 is 15.0 Å². The van der Waals surface area contributed by atoms with Crippen LogP contribution in [0.4, 0.5) is 4.39 Å². The maximum atomic E-state index is 13.7. The molecule has 0 aliphatic heterocycles. The van der Waals surface area contributed by atoms with E-state index in [-0.39, 0.29) is 11.3 Å². The van der Waals surface area contributed by atoms with E-state index in [0.29, 0.717) is 13.1 Å². The Labute approximate surface area is 100 Å². The minimum atomic E-state index is -0.627. The number of nitrogens with zero attached hydrogens (tertiary/aromatic N) is 1. The van der Waals surface area contributed by atoms with Crippen molar-refractivity contribution in [2.45, 2.75) is 0 Å². The van der Waals surface area contributed by atoms with Crippen LogP contribution in [0, 0.1) is 5.82 Å². The molecule has 0 spiro atoms. The largest absolute Gasteiger partial charge is 0.494 e. The molecule has 0 atom stereocenters. The van der Waals surface area contributed by atoms with Gasteiger partial charge in [-0.05, 0) is 26.2 Å². The van der Waals surface area contributed by atoms with E-state index in [1.165, 1.54) is 19.2 Å². The molecule has 0 bridgehead atoms. The lowest BCUT2D eigenvalue weighted by Crippen LogP contribution is -2.31. The zero-order chi connectivity index (χ0) is 12.8. The van der Waals surface area contributed by atoms with Crippen LogP contribution in [-0.2, 0) is 0 Å². The fourth-order valence-corrected chi connectivity index (χ4v) is 1.33. The van der Waals surface area contributed by atoms with E-state index in [4.69, 9.17) is 4.74 Å². The van der Waals surface area contributed by atoms with Crippen molar-refractivity contribution in [3.05, 3.63) is 29.6 Å². The molecule has 0 aliphatic carbocycles. The highest BCUT2D eigenvalue weighted by Crippen LogP contribution is 2.19. The van der Waals surface area contributed by atoms with Gasteiger partial charge in [0.2, 0.25) is 0 Å². The van der Waals surface area contributed by atoms with E-state index in [1.54, 1.807) is 6.07 Å². The lowest BCUT2D eigenvalue weighted by molar-refractivity contribution is 0.0946. The first-order valence-electron chi connectivity index (χ1n) is 5.31. The molecule has 1 rings (SSSR count). The summed E-state index contributed by atoms with van der Waals surface area (Å²) in [7, 11) is 5.17. The summed E-state index contributed by atoms with van der Waals surface area (Å²) in [5.41, 5.74) is 0.00288. The molecule has 0 aliphatic rings. The highest BCUT2D eigenvalue weighted by atomic mass is 19.1. The maximum Gasteiger partial charge on any atom is 0.254 e. The molecule has 1 aromatic carbocycles. The molecule has 0 heterocycles. The van der Waals surface area contributed by atoms with Crippen LogP contribution in [0.25, 0.3) is 0 Å². The van der Waals surface area contributed by atoms with Gasteiger partial charge in [-0.3, -0.25) is 4.79 Å². The van der Waals surface area contributed by atoms with Crippen LogP contribution in [0.5, 0.6) is 5.75 Å². The van der Waals surface area contributed by atoms with Crippen LogP contribution in [0.15, 0.2) is 18.2 Å². The van der Waals surface area contributed by atoms with Crippen molar-refractivity contribution in [2.24, 2.45) is 0 Å². The van der Waals surface area contributed by atoms with Gasteiger partial charge in [0.15, 0.2) is 11.6 Å². The first-order chi connectivity index (χ1) is 8.06. The Bertz CT molecular complexity index is 394. The van der Waals surface area contributed by atoms with Gasteiger partial charge >= 0.3 is 0 Å². The summed E-state index contributed by atoms with van der Waals surface area (Å²) in [6.07, 6.45) is 0. The number of amides is 1. The van der Waals surface area contributed by atoms with E-state index in [1.807, 2.05) is 19.0 Å². The van der Waals surface area contributed by atoms with E-state index < -0.39 is 11.7 Å². The number of carbonyl (C=O) groups is 1. The van der Waals surface area contributed by atoms with Gasteiger partial charge in [-0.1, -0.05) is 6.07 Å². The number of nitrogens with one attached hydrogen (secondary N) is 1. The van der Waals surface area contributed by atoms with Gasteiger partial charge in [-0.15, -0.1) is 0 Å². The number of carbonyl (C=O) groups excluding carboxylic acids is 1. The molecule has 0 saturated carbocycles. The van der Waals surface area contributed by atoms with Crippen molar-refractivity contribution in [3.8, 4) is 5.75 Å². The monoisotopic (exact) mass is 240 g/mol. The lowest BCUT2D eigenvalue weighted by atomic mass is 10.2. The molecule has 0 aromatic heterocycles. The van der Waals surface area contributed by atoms with Crippen molar-refractivity contribution in [2.75, 3.05) is 34.3 Å². The molecule has 1 N–H and O–H groups in total. The summed E-state index contributed by atoms with van der Waals surface area (Å²) in [6.45, 7) is 1.18. The summed E-state index contributed by atoms with van der Waals surface area (Å²) in [5.74, 6) is -0.981. The van der Waals surface area contributed by atoms with Gasteiger partial charge in [0, 0.05) is 13.1 Å². The fourth-order valence-electron chi connectivity index (χ4n) is 1.33. The van der Waals surface area contributed by atoms with Gasteiger partial charge in [-0.2, -0.15) is 0 Å². The van der Waals surface area contributed by atoms with Gasteiger partial charge in [0.25, 0.3) is 5.91 Å². The number of hydrogen-bond acceptors (Lipinski definition) is 3. The molecule has 1 amide bonds. The summed E-state index contributed by atoms with van der Waals surface area (Å²) in [5, 5.41) is 2.65. The quantitative estimate of drug-likeness (QED) is 0.838. The summed E-state index contributed by atoms with van der Waals surface area (Å²) in [6, 6.07) is 4.50. The SMILES string of the molecule is COc1cccc(C(=O)NCCN(C)C)c1F. The third-order valence-electron chi connectivity index (χ3n) is 2.27. The molecule has 5 heteroatoms. The van der Waals surface area contributed by atoms with E-state index >= 15 is 0 Å². The molecule has 0 radical (unpaired) electrons. The van der Waals surface area contributed by atoms with Crippen LogP contribution in [0.2, 0.25) is 0 Å². The smallest absolute Gasteiger partial charge is 0.254 e. The third-order valence-corrected chi connectivity index (χ3v) is 2.27. The number of rotatable bonds is 5. The van der Waals surface area contributed by atoms with Crippen LogP contribution in [0.1, 0.15) is 10.4 Å². The van der Waals surface area contributed by atoms with Crippen LogP contribution in [-0.4, -0.2) is 45.1 Å². The number of methoxy groups -OCH3 is 1. The normalized spacial score (nSPS) is 10.4. The predicted octanol–water partition coefficient (Wildman–Crippen LogP) is 1.13. The van der Waals surface area contributed by atoms with E-state index in [2.05, 4.69) is 5.32 Å². The second-order valence-corrected chi connectivity index (χ2v) is 3.88. The topological polar surface area (TPSA) is 41.6 Å². The number of benzene rings is 1. The van der Waals surface area contributed by atoms with Crippen LogP contribution < -0.4 is 10.1 Å². The molecule has 17 heavy (non-hydrogen) atoms. The average molecular weight is 240 g/mol. The Morgan fingerprint density at radius 1 is 1.47 bits per heavy atom. The molecular weight excluding hydrogens is 223 g/mol. The van der Waals surface area contributed by atoms with Gasteiger partial charge in [-0.25, -0.2) is 4.39 Å². The fraction of sp³-hybridized carbons (Fsp3) is 0.417. The van der Waals surface area contributed by atoms with E-state index in [9.17, 15) is 9.18 Å². The zero-order valence-electron chi connectivity index (χ0n) is 10.3. The summed E-state index contributed by atoms with van der Waals surface area (Å²) in [4.78, 5) is 13.6. The van der Waals surface area contributed by atoms with Crippen molar-refractivity contribution >= 4 is 5.91 Å². The highest BCUT2D eigenvalue weighted by Gasteiger charge is 2.14. The summed E-state index contributed by atoms with van der Waals surface area (Å²) < 4.78 is 18.5. The maximum absolute atomic E-state index is 13.7. The molecule has 0 unspecified atom stereocenters. The molecule has 1 aromatic rings. The molecular formula is C12H17FN2O2. The van der Waals surface area contributed by atoms with Crippen LogP contribution in [0.3, 0.4) is 0 Å². The Morgan fingerprint density at radius 2 is 2.18 bits per heavy atom. The molecule has 0 fully saturated rings. The third kappa shape index (κ3) is 3.71. The van der Waals surface area contributed by atoms with Gasteiger partial charge in [0.05, 0.1) is 12.7 Å². The highest BCUT2D eigenvalue weighted by molar-refractivity contribution is 5.94. The minimum Gasteiger partial charge on any atom is -0.494 e. The van der Waals surface area contributed by atoms with Gasteiger partial charge in [0.1, 0.15) is 0 Å². The van der Waals surface area contributed by atoms with Crippen molar-refractivity contribution < 1.29 is 13.9 Å². The number of hydrogen-bond donors (Lipinski definition) is 1. The van der Waals surface area contributed by atoms with E-state index in [0.717, 1.165) is 0 Å². The Hall–Kier alpha value is -1.62. The first-order valence-corrected chi connectivity index (χ1v) is 5.31. The second-order valence-electron chi connectivity index (χ2n) is 3.88. The molecule has 4 nitrogen and oxygen atoms in total. The molecule has 0 saturated heterocycles. The second kappa shape index (κ2) is 6.20. The Balaban J connectivity index is 2.69. The van der Waals surface area contributed by atoms with Crippen LogP contribution >= 0.6 is 0 Å². The average Bonchev–Trinajstić information content (AvgIpc) is 2.28. The Kier molecular flexibility index (Phi) is 4.90. The summed E-state index contributed by atoms with van der Waals surface area (Å²) >= 11 is 0. The predicted molar refractivity (Wildman–Crippen MR) is 63.8 cm³/mol. The standard InChI is InChI=1S/C12H17FN2O2/c1-15(2)8-7-14-12(16)9-5-4-6-10(17-3)11(9)13/h4-6H,7-8H2,1-3H3,(H,14,16). The first kappa shape index (κ1) is 13.4.